The minimum atomic E-state index is -3.61. The van der Waals surface area contributed by atoms with Gasteiger partial charge in [0.25, 0.3) is 10.2 Å². The molecule has 7 heteroatoms. The van der Waals surface area contributed by atoms with Crippen molar-refractivity contribution in [2.75, 3.05) is 33.0 Å². The molecule has 0 radical (unpaired) electrons. The molecule has 1 rings (SSSR count). The average molecular weight is 253 g/mol. The molecule has 0 saturated carbocycles. The van der Waals surface area contributed by atoms with E-state index in [0.717, 1.165) is 6.42 Å². The Labute approximate surface area is 96.8 Å². The molecule has 1 fully saturated rings. The number of halogens is 1. The van der Waals surface area contributed by atoms with Gasteiger partial charge in [-0.25, -0.2) is 4.39 Å². The molecular weight excluding hydrogens is 233 g/mol. The summed E-state index contributed by atoms with van der Waals surface area (Å²) in [5.74, 6) is 0. The van der Waals surface area contributed by atoms with E-state index in [1.807, 2.05) is 4.72 Å². The molecule has 0 spiro atoms. The quantitative estimate of drug-likeness (QED) is 0.710. The molecule has 0 aromatic rings. The van der Waals surface area contributed by atoms with Crippen molar-refractivity contribution in [2.24, 2.45) is 0 Å². The maximum Gasteiger partial charge on any atom is 0.281 e. The number of alkyl halides is 1. The average Bonchev–Trinajstić information content (AvgIpc) is 2.28. The van der Waals surface area contributed by atoms with Crippen LogP contribution in [-0.4, -0.2) is 56.6 Å². The summed E-state index contributed by atoms with van der Waals surface area (Å²) in [5.41, 5.74) is 0. The van der Waals surface area contributed by atoms with E-state index < -0.39 is 17.0 Å². The number of nitrogens with one attached hydrogen (secondary N) is 1. The van der Waals surface area contributed by atoms with Crippen LogP contribution in [0.25, 0.3) is 0 Å². The lowest BCUT2D eigenvalue weighted by atomic mass is 10.2. The summed E-state index contributed by atoms with van der Waals surface area (Å²) in [5, 5.41) is 0. The molecule has 1 heterocycles. The highest BCUT2D eigenvalue weighted by molar-refractivity contribution is 7.87. The van der Waals surface area contributed by atoms with Gasteiger partial charge in [-0.15, -0.1) is 0 Å². The third-order valence-corrected chi connectivity index (χ3v) is 4.58. The predicted octanol–water partition coefficient (Wildman–Crippen LogP) is 0.164. The Morgan fingerprint density at radius 1 is 1.31 bits per heavy atom. The Kier molecular flexibility index (Phi) is 5.10. The molecule has 5 nitrogen and oxygen atoms in total. The second-order valence-electron chi connectivity index (χ2n) is 3.98. The van der Waals surface area contributed by atoms with Crippen LogP contribution in [-0.2, 0) is 10.2 Å². The molecule has 16 heavy (non-hydrogen) atoms. The summed E-state index contributed by atoms with van der Waals surface area (Å²) in [6.07, 6.45) is 1.05. The van der Waals surface area contributed by atoms with Crippen molar-refractivity contribution in [1.82, 2.24) is 13.9 Å². The highest BCUT2D eigenvalue weighted by Gasteiger charge is 2.27. The first-order valence-electron chi connectivity index (χ1n) is 5.56. The number of hydrogen-bond donors (Lipinski definition) is 1. The Bertz CT molecular complexity index is 302. The van der Waals surface area contributed by atoms with E-state index >= 15 is 0 Å². The van der Waals surface area contributed by atoms with Gasteiger partial charge in [-0.1, -0.05) is 6.92 Å². The lowest BCUT2D eigenvalue weighted by Gasteiger charge is -2.36. The summed E-state index contributed by atoms with van der Waals surface area (Å²) in [6.45, 7) is 5.47. The highest BCUT2D eigenvalue weighted by Crippen LogP contribution is 2.10. The molecule has 0 aliphatic carbocycles. The third kappa shape index (κ3) is 3.38. The van der Waals surface area contributed by atoms with Crippen LogP contribution >= 0.6 is 0 Å². The number of piperazine rings is 1. The van der Waals surface area contributed by atoms with Crippen LogP contribution in [0, 0.1) is 0 Å². The minimum absolute atomic E-state index is 0.430. The number of rotatable bonds is 5. The van der Waals surface area contributed by atoms with E-state index in [2.05, 4.69) is 18.7 Å². The molecule has 0 aromatic carbocycles. The van der Waals surface area contributed by atoms with Crippen molar-refractivity contribution in [3.05, 3.63) is 0 Å². The smallest absolute Gasteiger partial charge is 0.281 e. The first kappa shape index (κ1) is 13.8. The van der Waals surface area contributed by atoms with E-state index in [-0.39, 0.29) is 0 Å². The molecule has 96 valence electrons. The highest BCUT2D eigenvalue weighted by atomic mass is 32.2. The molecule has 1 aliphatic rings. The third-order valence-electron chi connectivity index (χ3n) is 3.06. The molecule has 1 aliphatic heterocycles. The first-order chi connectivity index (χ1) is 7.51. The molecule has 1 N–H and O–H groups in total. The topological polar surface area (TPSA) is 52.7 Å². The van der Waals surface area contributed by atoms with Gasteiger partial charge in [-0.05, 0) is 13.3 Å². The van der Waals surface area contributed by atoms with Crippen LogP contribution in [0.3, 0.4) is 0 Å². The fourth-order valence-corrected chi connectivity index (χ4v) is 2.77. The monoisotopic (exact) mass is 253 g/mol. The summed E-state index contributed by atoms with van der Waals surface area (Å²) in [6, 6.07) is 0.471. The number of hydrogen-bond acceptors (Lipinski definition) is 3. The van der Waals surface area contributed by atoms with Crippen LogP contribution in [0.4, 0.5) is 4.39 Å². The standard InChI is InChI=1S/C9H20FN3O2S/c1-3-9(2)12-4-6-13(7-5-12)16(14,15)11-8-10/h9,11H,3-8H2,1-2H3. The second kappa shape index (κ2) is 5.90. The fraction of sp³-hybridized carbons (Fsp3) is 1.00. The predicted molar refractivity (Wildman–Crippen MR) is 60.9 cm³/mol. The van der Waals surface area contributed by atoms with E-state index in [1.165, 1.54) is 4.31 Å². The Morgan fingerprint density at radius 2 is 1.88 bits per heavy atom. The molecule has 0 amide bonds. The molecule has 0 bridgehead atoms. The fourth-order valence-electron chi connectivity index (χ4n) is 1.80. The zero-order chi connectivity index (χ0) is 12.2. The summed E-state index contributed by atoms with van der Waals surface area (Å²) < 4.78 is 38.1. The van der Waals surface area contributed by atoms with Crippen LogP contribution in [0.2, 0.25) is 0 Å². The van der Waals surface area contributed by atoms with E-state index in [1.54, 1.807) is 0 Å². The maximum atomic E-state index is 12.0. The summed E-state index contributed by atoms with van der Waals surface area (Å²) in [7, 11) is -3.61. The van der Waals surface area contributed by atoms with Gasteiger partial charge in [0.05, 0.1) is 0 Å². The van der Waals surface area contributed by atoms with Gasteiger partial charge in [0.15, 0.2) is 6.80 Å². The maximum absolute atomic E-state index is 12.0. The van der Waals surface area contributed by atoms with Gasteiger partial charge in [-0.2, -0.15) is 17.4 Å². The van der Waals surface area contributed by atoms with Gasteiger partial charge < -0.3 is 0 Å². The van der Waals surface area contributed by atoms with Gasteiger partial charge in [0, 0.05) is 32.2 Å². The second-order valence-corrected chi connectivity index (χ2v) is 5.73. The van der Waals surface area contributed by atoms with Crippen molar-refractivity contribution in [1.29, 1.82) is 0 Å². The van der Waals surface area contributed by atoms with Crippen LogP contribution in [0.5, 0.6) is 0 Å². The van der Waals surface area contributed by atoms with Gasteiger partial charge >= 0.3 is 0 Å². The molecule has 1 atom stereocenters. The Morgan fingerprint density at radius 3 is 2.31 bits per heavy atom. The van der Waals surface area contributed by atoms with Crippen molar-refractivity contribution >= 4 is 10.2 Å². The van der Waals surface area contributed by atoms with Gasteiger partial charge in [-0.3, -0.25) is 4.90 Å². The zero-order valence-corrected chi connectivity index (χ0v) is 10.6. The molecule has 1 unspecified atom stereocenters. The lowest BCUT2D eigenvalue weighted by Crippen LogP contribution is -2.53. The molecule has 0 aromatic heterocycles. The largest absolute Gasteiger partial charge is 0.298 e. The molecular formula is C9H20FN3O2S. The zero-order valence-electron chi connectivity index (χ0n) is 9.82. The van der Waals surface area contributed by atoms with Gasteiger partial charge in [0.2, 0.25) is 0 Å². The SMILES string of the molecule is CCC(C)N1CCN(S(=O)(=O)NCF)CC1. The van der Waals surface area contributed by atoms with Gasteiger partial charge in [0.1, 0.15) is 0 Å². The van der Waals surface area contributed by atoms with E-state index in [0.29, 0.717) is 32.2 Å². The van der Waals surface area contributed by atoms with Crippen molar-refractivity contribution < 1.29 is 12.8 Å². The van der Waals surface area contributed by atoms with Crippen LogP contribution in [0.1, 0.15) is 20.3 Å². The summed E-state index contributed by atoms with van der Waals surface area (Å²) in [4.78, 5) is 2.25. The number of nitrogens with zero attached hydrogens (tertiary/aromatic N) is 2. The summed E-state index contributed by atoms with van der Waals surface area (Å²) >= 11 is 0. The van der Waals surface area contributed by atoms with E-state index in [9.17, 15) is 12.8 Å². The lowest BCUT2D eigenvalue weighted by molar-refractivity contribution is 0.141. The Balaban J connectivity index is 2.49. The first-order valence-corrected chi connectivity index (χ1v) is 7.00. The minimum Gasteiger partial charge on any atom is -0.298 e. The van der Waals surface area contributed by atoms with Crippen LogP contribution in [0.15, 0.2) is 0 Å². The van der Waals surface area contributed by atoms with E-state index in [4.69, 9.17) is 0 Å². The van der Waals surface area contributed by atoms with Crippen molar-refractivity contribution in [3.63, 3.8) is 0 Å². The van der Waals surface area contributed by atoms with Crippen molar-refractivity contribution in [3.8, 4) is 0 Å². The molecule has 1 saturated heterocycles. The van der Waals surface area contributed by atoms with Crippen LogP contribution < -0.4 is 4.72 Å². The normalized spacial score (nSPS) is 22.2. The Hall–Kier alpha value is -0.240. The van der Waals surface area contributed by atoms with Crippen molar-refractivity contribution in [2.45, 2.75) is 26.3 Å².